The molecule has 2 aromatic heterocycles. The molecule has 5 rings (SSSR count). The van der Waals surface area contributed by atoms with Gasteiger partial charge in [-0.3, -0.25) is 9.59 Å². The molecule has 168 valence electrons. The Kier molecular flexibility index (Phi) is 5.38. The molecule has 0 saturated carbocycles. The normalized spacial score (nSPS) is 14.2. The fraction of sp³-hybridized carbons (Fsp3) is 0.250. The number of rotatable bonds is 3. The molecule has 1 fully saturated rings. The number of hydrogen-bond donors (Lipinski definition) is 0. The molecule has 33 heavy (non-hydrogen) atoms. The number of carbonyl (C=O) groups is 1. The van der Waals surface area contributed by atoms with E-state index >= 15 is 0 Å². The first-order chi connectivity index (χ1) is 15.9. The van der Waals surface area contributed by atoms with Crippen LogP contribution in [-0.2, 0) is 7.05 Å². The summed E-state index contributed by atoms with van der Waals surface area (Å²) in [6.07, 6.45) is 1.43. The summed E-state index contributed by atoms with van der Waals surface area (Å²) in [6.45, 7) is 4.49. The summed E-state index contributed by atoms with van der Waals surface area (Å²) in [7, 11) is 1.63. The van der Waals surface area contributed by atoms with E-state index in [1.54, 1.807) is 11.9 Å². The quantitative estimate of drug-likeness (QED) is 0.467. The molecule has 0 radical (unpaired) electrons. The van der Waals surface area contributed by atoms with Crippen molar-refractivity contribution in [1.29, 1.82) is 0 Å². The lowest BCUT2D eigenvalue weighted by atomic mass is 10.1. The van der Waals surface area contributed by atoms with Gasteiger partial charge in [-0.05, 0) is 36.8 Å². The van der Waals surface area contributed by atoms with Gasteiger partial charge in [0.2, 0.25) is 0 Å². The summed E-state index contributed by atoms with van der Waals surface area (Å²) in [5.74, 6) is -0.224. The minimum atomic E-state index is -0.253. The Balaban J connectivity index is 1.47. The molecule has 0 unspecified atom stereocenters. The Hall–Kier alpha value is -3.65. The third-order valence-corrected chi connectivity index (χ3v) is 6.26. The van der Waals surface area contributed by atoms with Crippen molar-refractivity contribution in [1.82, 2.24) is 24.2 Å². The van der Waals surface area contributed by atoms with E-state index in [1.807, 2.05) is 48.5 Å². The maximum absolute atomic E-state index is 13.5. The monoisotopic (exact) mass is 462 g/mol. The number of carbonyl (C=O) groups excluding carboxylic acids is 1. The Morgan fingerprint density at radius 3 is 2.48 bits per heavy atom. The van der Waals surface area contributed by atoms with E-state index < -0.39 is 0 Å². The van der Waals surface area contributed by atoms with Gasteiger partial charge in [0.05, 0.1) is 12.0 Å². The van der Waals surface area contributed by atoms with Crippen molar-refractivity contribution in [3.63, 3.8) is 0 Å². The van der Waals surface area contributed by atoms with Crippen LogP contribution in [0.5, 0.6) is 0 Å². The Morgan fingerprint density at radius 1 is 1.03 bits per heavy atom. The first-order valence-electron chi connectivity index (χ1n) is 10.7. The van der Waals surface area contributed by atoms with Gasteiger partial charge >= 0.3 is 0 Å². The molecule has 1 aliphatic heterocycles. The summed E-state index contributed by atoms with van der Waals surface area (Å²) < 4.78 is 2.91. The molecule has 0 atom stereocenters. The van der Waals surface area contributed by atoms with Crippen molar-refractivity contribution in [2.45, 2.75) is 6.92 Å². The van der Waals surface area contributed by atoms with E-state index in [2.05, 4.69) is 21.9 Å². The van der Waals surface area contributed by atoms with Crippen LogP contribution < -0.4 is 10.5 Å². The van der Waals surface area contributed by atoms with E-state index in [0.717, 1.165) is 11.3 Å². The fourth-order valence-corrected chi connectivity index (χ4v) is 4.38. The van der Waals surface area contributed by atoms with Gasteiger partial charge in [-0.25, -0.2) is 9.67 Å². The van der Waals surface area contributed by atoms with Gasteiger partial charge in [0, 0.05) is 43.9 Å². The molecule has 0 aliphatic carbocycles. The van der Waals surface area contributed by atoms with Crippen LogP contribution in [0.1, 0.15) is 16.1 Å². The number of aryl methyl sites for hydroxylation is 2. The zero-order valence-electron chi connectivity index (χ0n) is 18.4. The number of para-hydroxylation sites is 1. The second-order valence-electron chi connectivity index (χ2n) is 8.16. The van der Waals surface area contributed by atoms with Crippen LogP contribution in [0.3, 0.4) is 0 Å². The van der Waals surface area contributed by atoms with Gasteiger partial charge in [-0.1, -0.05) is 35.9 Å². The zero-order chi connectivity index (χ0) is 23.1. The highest BCUT2D eigenvalue weighted by Crippen LogP contribution is 2.26. The summed E-state index contributed by atoms with van der Waals surface area (Å²) in [5.41, 5.74) is 3.48. The van der Waals surface area contributed by atoms with Crippen molar-refractivity contribution in [3.05, 3.63) is 81.5 Å². The molecule has 0 N–H and O–H groups in total. The average molecular weight is 463 g/mol. The highest BCUT2D eigenvalue weighted by molar-refractivity contribution is 6.30. The van der Waals surface area contributed by atoms with Gasteiger partial charge in [0.1, 0.15) is 5.52 Å². The van der Waals surface area contributed by atoms with Crippen LogP contribution in [0.4, 0.5) is 5.69 Å². The van der Waals surface area contributed by atoms with E-state index in [0.29, 0.717) is 47.9 Å². The SMILES string of the molecule is Cc1ccc(Cl)cc1N1CCN(C(=O)c2nn(-c3ccccc3)c3c(=O)n(C)cnc23)CC1. The topological polar surface area (TPSA) is 76.3 Å². The number of benzene rings is 2. The number of amides is 1. The maximum atomic E-state index is 13.5. The van der Waals surface area contributed by atoms with Crippen LogP contribution in [0.15, 0.2) is 59.7 Å². The van der Waals surface area contributed by atoms with Crippen molar-refractivity contribution >= 4 is 34.2 Å². The first kappa shape index (κ1) is 21.2. The third-order valence-electron chi connectivity index (χ3n) is 6.03. The Bertz CT molecular complexity index is 1400. The molecule has 3 heterocycles. The van der Waals surface area contributed by atoms with Crippen LogP contribution in [0, 0.1) is 6.92 Å². The first-order valence-corrected chi connectivity index (χ1v) is 11.1. The van der Waals surface area contributed by atoms with Crippen LogP contribution in [0.25, 0.3) is 16.7 Å². The van der Waals surface area contributed by atoms with Gasteiger partial charge < -0.3 is 14.4 Å². The van der Waals surface area contributed by atoms with E-state index in [4.69, 9.17) is 11.6 Å². The van der Waals surface area contributed by atoms with Crippen molar-refractivity contribution in [2.24, 2.45) is 7.05 Å². The molecule has 1 amide bonds. The van der Waals surface area contributed by atoms with E-state index in [-0.39, 0.29) is 17.2 Å². The van der Waals surface area contributed by atoms with Gasteiger partial charge in [-0.15, -0.1) is 0 Å². The maximum Gasteiger partial charge on any atom is 0.279 e. The van der Waals surface area contributed by atoms with Crippen molar-refractivity contribution in [3.8, 4) is 5.69 Å². The molecular formula is C24H23ClN6O2. The van der Waals surface area contributed by atoms with Crippen molar-refractivity contribution < 1.29 is 4.79 Å². The molecule has 0 bridgehead atoms. The molecule has 8 nitrogen and oxygen atoms in total. The molecule has 1 aliphatic rings. The van der Waals surface area contributed by atoms with Gasteiger partial charge in [0.15, 0.2) is 11.2 Å². The number of aromatic nitrogens is 4. The minimum Gasteiger partial charge on any atom is -0.368 e. The molecular weight excluding hydrogens is 440 g/mol. The predicted molar refractivity (Wildman–Crippen MR) is 128 cm³/mol. The number of anilines is 1. The van der Waals surface area contributed by atoms with Gasteiger partial charge in [-0.2, -0.15) is 5.10 Å². The van der Waals surface area contributed by atoms with Crippen LogP contribution >= 0.6 is 11.6 Å². The lowest BCUT2D eigenvalue weighted by molar-refractivity contribution is 0.0742. The second-order valence-corrected chi connectivity index (χ2v) is 8.60. The smallest absolute Gasteiger partial charge is 0.279 e. The molecule has 9 heteroatoms. The second kappa shape index (κ2) is 8.37. The Morgan fingerprint density at radius 2 is 1.76 bits per heavy atom. The third kappa shape index (κ3) is 3.76. The lowest BCUT2D eigenvalue weighted by Gasteiger charge is -2.36. The number of fused-ring (bicyclic) bond motifs is 1. The van der Waals surface area contributed by atoms with Crippen molar-refractivity contribution in [2.75, 3.05) is 31.1 Å². The largest absolute Gasteiger partial charge is 0.368 e. The highest BCUT2D eigenvalue weighted by atomic mass is 35.5. The molecule has 1 saturated heterocycles. The summed E-state index contributed by atoms with van der Waals surface area (Å²) in [5, 5.41) is 5.25. The number of nitrogens with zero attached hydrogens (tertiary/aromatic N) is 6. The lowest BCUT2D eigenvalue weighted by Crippen LogP contribution is -2.49. The van der Waals surface area contributed by atoms with Crippen LogP contribution in [0.2, 0.25) is 5.02 Å². The number of hydrogen-bond acceptors (Lipinski definition) is 5. The summed E-state index contributed by atoms with van der Waals surface area (Å²) in [6, 6.07) is 15.2. The predicted octanol–water partition coefficient (Wildman–Crippen LogP) is 3.04. The number of piperazine rings is 1. The van der Waals surface area contributed by atoms with E-state index in [1.165, 1.54) is 15.6 Å². The van der Waals surface area contributed by atoms with Crippen LogP contribution in [-0.4, -0.2) is 56.3 Å². The molecule has 0 spiro atoms. The summed E-state index contributed by atoms with van der Waals surface area (Å²) in [4.78, 5) is 34.8. The summed E-state index contributed by atoms with van der Waals surface area (Å²) >= 11 is 6.19. The Labute approximate surface area is 195 Å². The van der Waals surface area contributed by atoms with E-state index in [9.17, 15) is 9.59 Å². The average Bonchev–Trinajstić information content (AvgIpc) is 3.23. The fourth-order valence-electron chi connectivity index (χ4n) is 4.21. The van der Waals surface area contributed by atoms with Gasteiger partial charge in [0.25, 0.3) is 11.5 Å². The standard InChI is InChI=1S/C24H23ClN6O2/c1-16-8-9-17(25)14-19(16)29-10-12-30(13-11-29)23(32)21-20-22(24(33)28(2)15-26-20)31(27-21)18-6-4-3-5-7-18/h3-9,14-15H,10-13H2,1-2H3. The highest BCUT2D eigenvalue weighted by Gasteiger charge is 2.29. The molecule has 4 aromatic rings. The minimum absolute atomic E-state index is 0.193. The zero-order valence-corrected chi connectivity index (χ0v) is 19.2. The number of halogens is 1. The molecule has 2 aromatic carbocycles.